The van der Waals surface area contributed by atoms with E-state index in [9.17, 15) is 9.90 Å². The fourth-order valence-corrected chi connectivity index (χ4v) is 3.25. The molecule has 23 heavy (non-hydrogen) atoms. The molecule has 0 atom stereocenters. The van der Waals surface area contributed by atoms with E-state index in [-0.39, 0.29) is 5.69 Å². The lowest BCUT2D eigenvalue weighted by Gasteiger charge is -2.31. The first-order chi connectivity index (χ1) is 11.1. The van der Waals surface area contributed by atoms with Crippen LogP contribution in [-0.4, -0.2) is 39.2 Å². The van der Waals surface area contributed by atoms with Gasteiger partial charge in [-0.2, -0.15) is 0 Å². The molecule has 0 amide bonds. The van der Waals surface area contributed by atoms with Crippen molar-refractivity contribution in [3.63, 3.8) is 0 Å². The average molecular weight is 335 g/mol. The molecule has 0 aliphatic heterocycles. The molecule has 1 aliphatic carbocycles. The van der Waals surface area contributed by atoms with Crippen molar-refractivity contribution in [3.05, 3.63) is 35.0 Å². The molecule has 0 unspecified atom stereocenters. The van der Waals surface area contributed by atoms with E-state index in [0.717, 1.165) is 25.7 Å². The monoisotopic (exact) mass is 334 g/mol. The number of nitrogens with zero attached hydrogens (tertiary/aromatic N) is 4. The van der Waals surface area contributed by atoms with Gasteiger partial charge >= 0.3 is 5.97 Å². The lowest BCUT2D eigenvalue weighted by molar-refractivity contribution is 0.0690. The lowest BCUT2D eigenvalue weighted by atomic mass is 9.94. The van der Waals surface area contributed by atoms with Gasteiger partial charge in [-0.1, -0.05) is 43.0 Å². The Morgan fingerprint density at radius 2 is 1.96 bits per heavy atom. The summed E-state index contributed by atoms with van der Waals surface area (Å²) in [5, 5.41) is 18.5. The zero-order valence-corrected chi connectivity index (χ0v) is 13.7. The minimum absolute atomic E-state index is 0.0435. The SMILES string of the molecule is CN(c1nn(-c2ccccc2Cl)nc1C(=O)O)C1CCCCC1. The highest BCUT2D eigenvalue weighted by Gasteiger charge is 2.27. The van der Waals surface area contributed by atoms with Crippen molar-refractivity contribution in [2.45, 2.75) is 38.1 Å². The molecular formula is C16H19ClN4O2. The highest BCUT2D eigenvalue weighted by atomic mass is 35.5. The van der Waals surface area contributed by atoms with Gasteiger partial charge in [0, 0.05) is 13.1 Å². The molecule has 1 aromatic heterocycles. The second-order valence-corrected chi connectivity index (χ2v) is 6.23. The third kappa shape index (κ3) is 3.17. The summed E-state index contributed by atoms with van der Waals surface area (Å²) in [6, 6.07) is 7.42. The third-order valence-electron chi connectivity index (χ3n) is 4.32. The van der Waals surface area contributed by atoms with Gasteiger partial charge in [-0.15, -0.1) is 15.0 Å². The molecule has 1 saturated carbocycles. The first-order valence-corrected chi connectivity index (χ1v) is 8.14. The minimum Gasteiger partial charge on any atom is -0.476 e. The predicted molar refractivity (Wildman–Crippen MR) is 88.6 cm³/mol. The Morgan fingerprint density at radius 1 is 1.26 bits per heavy atom. The summed E-state index contributed by atoms with van der Waals surface area (Å²) in [6.07, 6.45) is 5.66. The first kappa shape index (κ1) is 15.8. The largest absolute Gasteiger partial charge is 0.476 e. The van der Waals surface area contributed by atoms with E-state index in [1.54, 1.807) is 12.1 Å². The molecule has 0 saturated heterocycles. The highest BCUT2D eigenvalue weighted by molar-refractivity contribution is 6.32. The van der Waals surface area contributed by atoms with Gasteiger partial charge in [-0.3, -0.25) is 0 Å². The molecule has 1 aromatic carbocycles. The van der Waals surface area contributed by atoms with Gasteiger partial charge in [0.05, 0.1) is 5.02 Å². The molecule has 1 fully saturated rings. The van der Waals surface area contributed by atoms with Crippen molar-refractivity contribution in [1.29, 1.82) is 0 Å². The van der Waals surface area contributed by atoms with E-state index in [2.05, 4.69) is 10.2 Å². The van der Waals surface area contributed by atoms with Gasteiger partial charge in [-0.05, 0) is 25.0 Å². The summed E-state index contributed by atoms with van der Waals surface area (Å²) in [5.41, 5.74) is 0.526. The van der Waals surface area contributed by atoms with Crippen LogP contribution in [0.15, 0.2) is 24.3 Å². The number of para-hydroxylation sites is 1. The number of carboxylic acids is 1. The van der Waals surface area contributed by atoms with E-state index in [1.807, 2.05) is 24.1 Å². The Labute approximate surface area is 139 Å². The molecule has 0 spiro atoms. The van der Waals surface area contributed by atoms with Crippen molar-refractivity contribution in [1.82, 2.24) is 15.0 Å². The molecule has 7 heteroatoms. The standard InChI is InChI=1S/C16H19ClN4O2/c1-20(11-7-3-2-4-8-11)15-14(16(22)23)18-21(19-15)13-10-6-5-9-12(13)17/h5-6,9-11H,2-4,7-8H2,1H3,(H,22,23). The lowest BCUT2D eigenvalue weighted by Crippen LogP contribution is -2.34. The van der Waals surface area contributed by atoms with Crippen LogP contribution in [0.5, 0.6) is 0 Å². The van der Waals surface area contributed by atoms with E-state index in [1.165, 1.54) is 11.2 Å². The number of anilines is 1. The van der Waals surface area contributed by atoms with Crippen LogP contribution in [0.1, 0.15) is 42.6 Å². The quantitative estimate of drug-likeness (QED) is 0.928. The summed E-state index contributed by atoms with van der Waals surface area (Å²) < 4.78 is 0. The van der Waals surface area contributed by atoms with E-state index >= 15 is 0 Å². The van der Waals surface area contributed by atoms with Crippen molar-refractivity contribution in [3.8, 4) is 5.69 Å². The van der Waals surface area contributed by atoms with Gasteiger partial charge in [0.25, 0.3) is 0 Å². The summed E-state index contributed by atoms with van der Waals surface area (Å²) in [5.74, 6) is -0.690. The summed E-state index contributed by atoms with van der Waals surface area (Å²) in [4.78, 5) is 14.8. The molecule has 1 aliphatic rings. The number of carbonyl (C=O) groups is 1. The number of aromatic carboxylic acids is 1. The van der Waals surface area contributed by atoms with Crippen LogP contribution in [0.4, 0.5) is 5.82 Å². The molecule has 1 N–H and O–H groups in total. The van der Waals surface area contributed by atoms with Crippen LogP contribution in [0, 0.1) is 0 Å². The van der Waals surface area contributed by atoms with Crippen molar-refractivity contribution in [2.75, 3.05) is 11.9 Å². The summed E-state index contributed by atoms with van der Waals surface area (Å²) >= 11 is 6.17. The van der Waals surface area contributed by atoms with E-state index in [0.29, 0.717) is 22.6 Å². The van der Waals surface area contributed by atoms with Gasteiger partial charge in [-0.25, -0.2) is 4.79 Å². The maximum absolute atomic E-state index is 11.6. The second kappa shape index (κ2) is 6.58. The van der Waals surface area contributed by atoms with Crippen molar-refractivity contribution >= 4 is 23.4 Å². The topological polar surface area (TPSA) is 71.2 Å². The molecule has 122 valence electrons. The Morgan fingerprint density at radius 3 is 2.61 bits per heavy atom. The summed E-state index contributed by atoms with van der Waals surface area (Å²) in [6.45, 7) is 0. The van der Waals surface area contributed by atoms with Crippen molar-refractivity contribution in [2.24, 2.45) is 0 Å². The highest BCUT2D eigenvalue weighted by Crippen LogP contribution is 2.28. The number of carboxylic acid groups (broad SMARTS) is 1. The number of benzene rings is 1. The fourth-order valence-electron chi connectivity index (χ4n) is 3.04. The van der Waals surface area contributed by atoms with Crippen LogP contribution >= 0.6 is 11.6 Å². The number of hydrogen-bond donors (Lipinski definition) is 1. The fraction of sp³-hybridized carbons (Fsp3) is 0.438. The third-order valence-corrected chi connectivity index (χ3v) is 4.64. The van der Waals surface area contributed by atoms with Gasteiger partial charge in [0.15, 0.2) is 5.82 Å². The molecule has 6 nitrogen and oxygen atoms in total. The number of aromatic nitrogens is 3. The van der Waals surface area contributed by atoms with Crippen LogP contribution in [0.3, 0.4) is 0 Å². The number of rotatable bonds is 4. The predicted octanol–water partition coefficient (Wildman–Crippen LogP) is 3.39. The molecule has 2 aromatic rings. The smallest absolute Gasteiger partial charge is 0.360 e. The minimum atomic E-state index is -1.08. The normalized spacial score (nSPS) is 15.6. The molecule has 3 rings (SSSR count). The maximum atomic E-state index is 11.6. The number of hydrogen-bond acceptors (Lipinski definition) is 4. The first-order valence-electron chi connectivity index (χ1n) is 7.76. The molecule has 0 bridgehead atoms. The molecular weight excluding hydrogens is 316 g/mol. The maximum Gasteiger partial charge on any atom is 0.360 e. The van der Waals surface area contributed by atoms with Crippen LogP contribution < -0.4 is 4.90 Å². The average Bonchev–Trinajstić information content (AvgIpc) is 3.01. The summed E-state index contributed by atoms with van der Waals surface area (Å²) in [7, 11) is 1.89. The van der Waals surface area contributed by atoms with Crippen LogP contribution in [-0.2, 0) is 0 Å². The van der Waals surface area contributed by atoms with Gasteiger partial charge in [0.1, 0.15) is 5.69 Å². The zero-order valence-electron chi connectivity index (χ0n) is 12.9. The van der Waals surface area contributed by atoms with E-state index in [4.69, 9.17) is 11.6 Å². The molecule has 1 heterocycles. The Hall–Kier alpha value is -2.08. The Kier molecular flexibility index (Phi) is 4.52. The Bertz CT molecular complexity index is 710. The van der Waals surface area contributed by atoms with Gasteiger partial charge in [0.2, 0.25) is 5.69 Å². The van der Waals surface area contributed by atoms with Gasteiger partial charge < -0.3 is 10.0 Å². The molecule has 0 radical (unpaired) electrons. The number of halogens is 1. The second-order valence-electron chi connectivity index (χ2n) is 5.82. The van der Waals surface area contributed by atoms with Crippen LogP contribution in [0.2, 0.25) is 5.02 Å². The Balaban J connectivity index is 1.99. The van der Waals surface area contributed by atoms with Crippen molar-refractivity contribution < 1.29 is 9.90 Å². The van der Waals surface area contributed by atoms with E-state index < -0.39 is 5.97 Å². The van der Waals surface area contributed by atoms with Crippen LogP contribution in [0.25, 0.3) is 5.69 Å². The zero-order chi connectivity index (χ0) is 16.4.